The molecule has 1 aromatic rings. The molecule has 3 N–H and O–H groups in total. The number of carbonyl (C=O) groups is 2. The van der Waals surface area contributed by atoms with Gasteiger partial charge in [0.05, 0.1) is 6.42 Å². The summed E-state index contributed by atoms with van der Waals surface area (Å²) in [5.41, 5.74) is 1.69. The van der Waals surface area contributed by atoms with Crippen molar-refractivity contribution in [3.05, 3.63) is 29.3 Å². The molecule has 0 bridgehead atoms. The van der Waals surface area contributed by atoms with E-state index < -0.39 is 5.54 Å². The van der Waals surface area contributed by atoms with Crippen LogP contribution < -0.4 is 10.6 Å². The van der Waals surface area contributed by atoms with Crippen LogP contribution in [0.5, 0.6) is 0 Å². The fourth-order valence-corrected chi connectivity index (χ4v) is 2.09. The molecule has 2 rings (SSSR count). The van der Waals surface area contributed by atoms with E-state index in [0.29, 0.717) is 18.4 Å². The summed E-state index contributed by atoms with van der Waals surface area (Å²) < 4.78 is 0. The molecule has 0 saturated heterocycles. The molecule has 1 aliphatic rings. The van der Waals surface area contributed by atoms with Gasteiger partial charge < -0.3 is 15.7 Å². The zero-order chi connectivity index (χ0) is 14.0. The molecule has 1 aliphatic heterocycles. The van der Waals surface area contributed by atoms with Gasteiger partial charge in [0.1, 0.15) is 0 Å². The van der Waals surface area contributed by atoms with Gasteiger partial charge in [-0.15, -0.1) is 0 Å². The summed E-state index contributed by atoms with van der Waals surface area (Å²) in [5, 5.41) is 14.5. The average Bonchev–Trinajstić information content (AvgIpc) is 2.66. The maximum absolute atomic E-state index is 12.1. The fraction of sp³-hybridized carbons (Fsp3) is 0.429. The Labute approximate surface area is 112 Å². The molecule has 0 spiro atoms. The van der Waals surface area contributed by atoms with Crippen LogP contribution in [0.2, 0.25) is 0 Å². The second-order valence-electron chi connectivity index (χ2n) is 5.41. The lowest BCUT2D eigenvalue weighted by Gasteiger charge is -2.25. The van der Waals surface area contributed by atoms with Gasteiger partial charge in [0.25, 0.3) is 5.91 Å². The quantitative estimate of drug-likeness (QED) is 0.759. The summed E-state index contributed by atoms with van der Waals surface area (Å²) in [6, 6.07) is 5.17. The number of amides is 2. The van der Waals surface area contributed by atoms with Crippen LogP contribution in [-0.2, 0) is 11.2 Å². The Morgan fingerprint density at radius 1 is 1.47 bits per heavy atom. The van der Waals surface area contributed by atoms with Crippen molar-refractivity contribution < 1.29 is 14.7 Å². The van der Waals surface area contributed by atoms with Crippen molar-refractivity contribution >= 4 is 17.5 Å². The smallest absolute Gasteiger partial charge is 0.251 e. The first-order valence-corrected chi connectivity index (χ1v) is 6.27. The Morgan fingerprint density at radius 3 is 2.89 bits per heavy atom. The molecule has 102 valence electrons. The van der Waals surface area contributed by atoms with E-state index in [9.17, 15) is 9.59 Å². The molecule has 19 heavy (non-hydrogen) atoms. The van der Waals surface area contributed by atoms with Gasteiger partial charge in [0.15, 0.2) is 0 Å². The predicted molar refractivity (Wildman–Crippen MR) is 72.0 cm³/mol. The zero-order valence-electron chi connectivity index (χ0n) is 11.1. The van der Waals surface area contributed by atoms with Crippen LogP contribution in [0, 0.1) is 0 Å². The van der Waals surface area contributed by atoms with Crippen LogP contribution in [0.3, 0.4) is 0 Å². The second-order valence-corrected chi connectivity index (χ2v) is 5.41. The highest BCUT2D eigenvalue weighted by molar-refractivity contribution is 6.01. The van der Waals surface area contributed by atoms with Crippen LogP contribution in [0.25, 0.3) is 0 Å². The molecule has 5 nitrogen and oxygen atoms in total. The van der Waals surface area contributed by atoms with E-state index in [1.807, 2.05) is 13.8 Å². The van der Waals surface area contributed by atoms with Crippen molar-refractivity contribution in [2.75, 3.05) is 11.9 Å². The summed E-state index contributed by atoms with van der Waals surface area (Å²) in [5.74, 6) is -0.242. The first-order chi connectivity index (χ1) is 8.91. The van der Waals surface area contributed by atoms with Crippen LogP contribution in [0.1, 0.15) is 36.2 Å². The zero-order valence-corrected chi connectivity index (χ0v) is 11.1. The number of hydrogen-bond acceptors (Lipinski definition) is 3. The minimum atomic E-state index is -0.459. The molecular formula is C14H18N2O3. The fourth-order valence-electron chi connectivity index (χ4n) is 2.09. The van der Waals surface area contributed by atoms with E-state index in [0.717, 1.165) is 11.3 Å². The minimum absolute atomic E-state index is 0.0237. The van der Waals surface area contributed by atoms with Crippen molar-refractivity contribution in [3.63, 3.8) is 0 Å². The van der Waals surface area contributed by atoms with Gasteiger partial charge in [-0.2, -0.15) is 0 Å². The van der Waals surface area contributed by atoms with Crippen molar-refractivity contribution in [1.29, 1.82) is 0 Å². The number of hydrogen-bond donors (Lipinski definition) is 3. The molecular weight excluding hydrogens is 244 g/mol. The highest BCUT2D eigenvalue weighted by Crippen LogP contribution is 2.24. The third kappa shape index (κ3) is 3.12. The number of carbonyl (C=O) groups excluding carboxylic acids is 2. The summed E-state index contributed by atoms with van der Waals surface area (Å²) in [6.07, 6.45) is 0.806. The van der Waals surface area contributed by atoms with Crippen molar-refractivity contribution in [2.45, 2.75) is 32.2 Å². The molecule has 0 radical (unpaired) electrons. The van der Waals surface area contributed by atoms with Crippen LogP contribution >= 0.6 is 0 Å². The molecule has 0 aliphatic carbocycles. The third-order valence-electron chi connectivity index (χ3n) is 3.18. The average molecular weight is 262 g/mol. The largest absolute Gasteiger partial charge is 0.396 e. The van der Waals surface area contributed by atoms with Gasteiger partial charge >= 0.3 is 0 Å². The lowest BCUT2D eigenvalue weighted by Crippen LogP contribution is -2.44. The highest BCUT2D eigenvalue weighted by Gasteiger charge is 2.23. The van der Waals surface area contributed by atoms with Crippen molar-refractivity contribution in [3.8, 4) is 0 Å². The Hall–Kier alpha value is -1.88. The second kappa shape index (κ2) is 5.01. The first-order valence-electron chi connectivity index (χ1n) is 6.27. The monoisotopic (exact) mass is 262 g/mol. The van der Waals surface area contributed by atoms with E-state index in [2.05, 4.69) is 10.6 Å². The third-order valence-corrected chi connectivity index (χ3v) is 3.18. The number of benzene rings is 1. The molecule has 0 atom stereocenters. The molecule has 0 saturated carbocycles. The van der Waals surface area contributed by atoms with Crippen molar-refractivity contribution in [1.82, 2.24) is 5.32 Å². The molecule has 2 amide bonds. The van der Waals surface area contributed by atoms with Gasteiger partial charge in [0, 0.05) is 23.4 Å². The van der Waals surface area contributed by atoms with E-state index in [1.165, 1.54) is 0 Å². The summed E-state index contributed by atoms with van der Waals surface area (Å²) >= 11 is 0. The Bertz CT molecular complexity index is 523. The van der Waals surface area contributed by atoms with E-state index in [4.69, 9.17) is 5.11 Å². The first kappa shape index (κ1) is 13.5. The minimum Gasteiger partial charge on any atom is -0.396 e. The number of aliphatic hydroxyl groups is 1. The number of nitrogens with one attached hydrogen (secondary N) is 2. The molecule has 0 aromatic heterocycles. The Kier molecular flexibility index (Phi) is 3.57. The molecule has 0 unspecified atom stereocenters. The highest BCUT2D eigenvalue weighted by atomic mass is 16.3. The van der Waals surface area contributed by atoms with Crippen molar-refractivity contribution in [2.24, 2.45) is 0 Å². The molecule has 5 heteroatoms. The topological polar surface area (TPSA) is 78.4 Å². The van der Waals surface area contributed by atoms with Gasteiger partial charge in [-0.05, 0) is 44.0 Å². The lowest BCUT2D eigenvalue weighted by molar-refractivity contribution is -0.115. The summed E-state index contributed by atoms with van der Waals surface area (Å²) in [4.78, 5) is 23.4. The Balaban J connectivity index is 2.13. The number of fused-ring (bicyclic) bond motifs is 1. The molecule has 1 aromatic carbocycles. The number of rotatable bonds is 4. The number of aliphatic hydroxyl groups excluding tert-OH is 1. The van der Waals surface area contributed by atoms with Crippen LogP contribution in [0.15, 0.2) is 18.2 Å². The van der Waals surface area contributed by atoms with E-state index >= 15 is 0 Å². The summed E-state index contributed by atoms with van der Waals surface area (Å²) in [7, 11) is 0. The van der Waals surface area contributed by atoms with Gasteiger partial charge in [-0.1, -0.05) is 0 Å². The normalized spacial score (nSPS) is 13.9. The van der Waals surface area contributed by atoms with E-state index in [1.54, 1.807) is 18.2 Å². The van der Waals surface area contributed by atoms with Gasteiger partial charge in [-0.25, -0.2) is 0 Å². The SMILES string of the molecule is CC(C)(CCO)NC(=O)c1ccc2c(c1)CC(=O)N2. The summed E-state index contributed by atoms with van der Waals surface area (Å²) in [6.45, 7) is 3.75. The lowest BCUT2D eigenvalue weighted by atomic mass is 10.00. The maximum Gasteiger partial charge on any atom is 0.251 e. The molecule has 1 heterocycles. The number of anilines is 1. The molecule has 0 fully saturated rings. The van der Waals surface area contributed by atoms with Crippen LogP contribution in [-0.4, -0.2) is 29.1 Å². The van der Waals surface area contributed by atoms with E-state index in [-0.39, 0.29) is 18.4 Å². The maximum atomic E-state index is 12.1. The predicted octanol–water partition coefficient (Wildman–Crippen LogP) is 1.07. The Morgan fingerprint density at radius 2 is 2.21 bits per heavy atom. The standard InChI is InChI=1S/C14H18N2O3/c1-14(2,5-6-17)16-13(19)9-3-4-11-10(7-9)8-12(18)15-11/h3-4,7,17H,5-6,8H2,1-2H3,(H,15,18)(H,16,19). The van der Waals surface area contributed by atoms with Gasteiger partial charge in [0.2, 0.25) is 5.91 Å². The van der Waals surface area contributed by atoms with Gasteiger partial charge in [-0.3, -0.25) is 9.59 Å². The van der Waals surface area contributed by atoms with Crippen LogP contribution in [0.4, 0.5) is 5.69 Å².